The number of aryl methyl sites for hydroxylation is 1. The average molecular weight is 249 g/mol. The van der Waals surface area contributed by atoms with Crippen LogP contribution in [0, 0.1) is 0 Å². The number of aromatic nitrogens is 2. The Bertz CT molecular complexity index is 484. The maximum absolute atomic E-state index is 5.85. The summed E-state index contributed by atoms with van der Waals surface area (Å²) in [5, 5.41) is 3.91. The highest BCUT2D eigenvalue weighted by Gasteiger charge is 2.07. The molecule has 0 aliphatic carbocycles. The first-order valence-electron chi connectivity index (χ1n) is 5.58. The summed E-state index contributed by atoms with van der Waals surface area (Å²) >= 11 is 1.61. The van der Waals surface area contributed by atoms with E-state index in [-0.39, 0.29) is 0 Å². The van der Waals surface area contributed by atoms with E-state index in [4.69, 9.17) is 10.3 Å². The van der Waals surface area contributed by atoms with Gasteiger partial charge in [-0.15, -0.1) is 11.8 Å². The average Bonchev–Trinajstić information content (AvgIpc) is 2.76. The topological polar surface area (TPSA) is 64.9 Å². The van der Waals surface area contributed by atoms with Gasteiger partial charge in [0.25, 0.3) is 0 Å². The Morgan fingerprint density at radius 1 is 1.35 bits per heavy atom. The summed E-state index contributed by atoms with van der Waals surface area (Å²) in [6.45, 7) is 2.09. The van der Waals surface area contributed by atoms with Crippen LogP contribution in [0.15, 0.2) is 33.7 Å². The molecule has 0 amide bonds. The molecule has 1 heterocycles. The zero-order chi connectivity index (χ0) is 12.1. The minimum Gasteiger partial charge on any atom is -0.398 e. The number of nitrogens with zero attached hydrogens (tertiary/aromatic N) is 2. The molecule has 2 rings (SSSR count). The maximum Gasteiger partial charge on any atom is 0.237 e. The molecule has 0 fully saturated rings. The lowest BCUT2D eigenvalue weighted by Crippen LogP contribution is -1.89. The van der Waals surface area contributed by atoms with Crippen molar-refractivity contribution in [2.75, 3.05) is 5.73 Å². The molecule has 0 aliphatic heterocycles. The normalized spacial score (nSPS) is 10.6. The molecule has 90 valence electrons. The summed E-state index contributed by atoms with van der Waals surface area (Å²) in [4.78, 5) is 5.35. The third-order valence-electron chi connectivity index (χ3n) is 2.25. The van der Waals surface area contributed by atoms with Gasteiger partial charge in [-0.05, 0) is 18.6 Å². The van der Waals surface area contributed by atoms with Crippen molar-refractivity contribution in [3.8, 4) is 0 Å². The molecule has 0 aliphatic rings. The number of anilines is 1. The first-order valence-corrected chi connectivity index (χ1v) is 6.57. The molecule has 2 aromatic rings. The number of para-hydroxylation sites is 1. The Morgan fingerprint density at radius 3 is 2.94 bits per heavy atom. The van der Waals surface area contributed by atoms with Crippen molar-refractivity contribution in [2.45, 2.75) is 30.4 Å². The highest BCUT2D eigenvalue weighted by Crippen LogP contribution is 2.27. The van der Waals surface area contributed by atoms with Gasteiger partial charge in [0.2, 0.25) is 5.89 Å². The van der Waals surface area contributed by atoms with Crippen molar-refractivity contribution in [3.05, 3.63) is 36.0 Å². The van der Waals surface area contributed by atoms with Crippen LogP contribution >= 0.6 is 11.8 Å². The van der Waals surface area contributed by atoms with Gasteiger partial charge in [0.15, 0.2) is 5.82 Å². The van der Waals surface area contributed by atoms with E-state index in [1.807, 2.05) is 24.3 Å². The van der Waals surface area contributed by atoms with Gasteiger partial charge in [0.1, 0.15) is 0 Å². The van der Waals surface area contributed by atoms with Gasteiger partial charge < -0.3 is 10.3 Å². The van der Waals surface area contributed by atoms with Crippen LogP contribution in [0.5, 0.6) is 0 Å². The van der Waals surface area contributed by atoms with Crippen molar-refractivity contribution in [3.63, 3.8) is 0 Å². The molecular formula is C12H15N3OS. The largest absolute Gasteiger partial charge is 0.398 e. The van der Waals surface area contributed by atoms with Gasteiger partial charge in [0, 0.05) is 17.0 Å². The number of rotatable bonds is 5. The Hall–Kier alpha value is -1.49. The second kappa shape index (κ2) is 5.72. The van der Waals surface area contributed by atoms with E-state index in [1.165, 1.54) is 0 Å². The molecule has 0 saturated heterocycles. The summed E-state index contributed by atoms with van der Waals surface area (Å²) < 4.78 is 5.16. The predicted octanol–water partition coefficient (Wildman–Crippen LogP) is 2.90. The molecule has 0 radical (unpaired) electrons. The predicted molar refractivity (Wildman–Crippen MR) is 68.7 cm³/mol. The Labute approximate surface area is 105 Å². The van der Waals surface area contributed by atoms with E-state index < -0.39 is 0 Å². The second-order valence-electron chi connectivity index (χ2n) is 3.68. The SMILES string of the molecule is CCCc1noc(CSc2ccccc2N)n1. The maximum atomic E-state index is 5.85. The summed E-state index contributed by atoms with van der Waals surface area (Å²) in [5.74, 6) is 2.09. The summed E-state index contributed by atoms with van der Waals surface area (Å²) in [6, 6.07) is 7.77. The molecule has 0 spiro atoms. The van der Waals surface area contributed by atoms with Gasteiger partial charge in [-0.2, -0.15) is 4.98 Å². The smallest absolute Gasteiger partial charge is 0.237 e. The van der Waals surface area contributed by atoms with Gasteiger partial charge in [-0.3, -0.25) is 0 Å². The first-order chi connectivity index (χ1) is 8.29. The molecular weight excluding hydrogens is 234 g/mol. The van der Waals surface area contributed by atoms with E-state index in [2.05, 4.69) is 17.1 Å². The number of hydrogen-bond donors (Lipinski definition) is 1. The lowest BCUT2D eigenvalue weighted by Gasteiger charge is -2.01. The van der Waals surface area contributed by atoms with Gasteiger partial charge >= 0.3 is 0 Å². The van der Waals surface area contributed by atoms with Crippen LogP contribution in [0.3, 0.4) is 0 Å². The lowest BCUT2D eigenvalue weighted by atomic mass is 10.3. The molecule has 17 heavy (non-hydrogen) atoms. The fourth-order valence-corrected chi connectivity index (χ4v) is 2.23. The fourth-order valence-electron chi connectivity index (χ4n) is 1.43. The van der Waals surface area contributed by atoms with Crippen molar-refractivity contribution in [2.24, 2.45) is 0 Å². The molecule has 0 saturated carbocycles. The van der Waals surface area contributed by atoms with Crippen LogP contribution in [-0.2, 0) is 12.2 Å². The molecule has 0 atom stereocenters. The second-order valence-corrected chi connectivity index (χ2v) is 4.70. The first kappa shape index (κ1) is 12.0. The highest BCUT2D eigenvalue weighted by atomic mass is 32.2. The van der Waals surface area contributed by atoms with Crippen LogP contribution < -0.4 is 5.73 Å². The Balaban J connectivity index is 1.95. The minimum absolute atomic E-state index is 0.654. The van der Waals surface area contributed by atoms with Crippen LogP contribution in [0.4, 0.5) is 5.69 Å². The van der Waals surface area contributed by atoms with E-state index in [9.17, 15) is 0 Å². The van der Waals surface area contributed by atoms with Crippen LogP contribution in [-0.4, -0.2) is 10.1 Å². The molecule has 1 aromatic heterocycles. The van der Waals surface area contributed by atoms with E-state index in [1.54, 1.807) is 11.8 Å². The molecule has 4 nitrogen and oxygen atoms in total. The zero-order valence-corrected chi connectivity index (χ0v) is 10.5. The third-order valence-corrected chi connectivity index (χ3v) is 3.33. The Morgan fingerprint density at radius 2 is 2.18 bits per heavy atom. The van der Waals surface area contributed by atoms with Gasteiger partial charge in [0.05, 0.1) is 5.75 Å². The van der Waals surface area contributed by atoms with Crippen molar-refractivity contribution < 1.29 is 4.52 Å². The highest BCUT2D eigenvalue weighted by molar-refractivity contribution is 7.98. The number of nitrogens with two attached hydrogens (primary N) is 1. The number of nitrogen functional groups attached to an aromatic ring is 1. The molecule has 5 heteroatoms. The van der Waals surface area contributed by atoms with Crippen molar-refractivity contribution >= 4 is 17.4 Å². The summed E-state index contributed by atoms with van der Waals surface area (Å²) in [7, 11) is 0. The third kappa shape index (κ3) is 3.23. The number of benzene rings is 1. The van der Waals surface area contributed by atoms with E-state index >= 15 is 0 Å². The molecule has 1 aromatic carbocycles. The number of thioether (sulfide) groups is 1. The van der Waals surface area contributed by atoms with Crippen LogP contribution in [0.2, 0.25) is 0 Å². The van der Waals surface area contributed by atoms with Crippen LogP contribution in [0.25, 0.3) is 0 Å². The van der Waals surface area contributed by atoms with Gasteiger partial charge in [-0.25, -0.2) is 0 Å². The minimum atomic E-state index is 0.654. The van der Waals surface area contributed by atoms with E-state index in [0.717, 1.165) is 29.2 Å². The van der Waals surface area contributed by atoms with E-state index in [0.29, 0.717) is 11.6 Å². The molecule has 2 N–H and O–H groups in total. The van der Waals surface area contributed by atoms with Crippen molar-refractivity contribution in [1.29, 1.82) is 0 Å². The standard InChI is InChI=1S/C12H15N3OS/c1-2-5-11-14-12(16-15-11)8-17-10-7-4-3-6-9(10)13/h3-4,6-7H,2,5,8,13H2,1H3. The van der Waals surface area contributed by atoms with Gasteiger partial charge in [-0.1, -0.05) is 24.2 Å². The quantitative estimate of drug-likeness (QED) is 0.652. The molecule has 0 bridgehead atoms. The summed E-state index contributed by atoms with van der Waals surface area (Å²) in [6.07, 6.45) is 1.89. The zero-order valence-electron chi connectivity index (χ0n) is 9.72. The molecule has 0 unspecified atom stereocenters. The monoisotopic (exact) mass is 249 g/mol. The lowest BCUT2D eigenvalue weighted by molar-refractivity contribution is 0.384. The Kier molecular flexibility index (Phi) is 4.03. The fraction of sp³-hybridized carbons (Fsp3) is 0.333. The van der Waals surface area contributed by atoms with Crippen LogP contribution in [0.1, 0.15) is 25.1 Å². The number of hydrogen-bond acceptors (Lipinski definition) is 5. The summed E-state index contributed by atoms with van der Waals surface area (Å²) in [5.41, 5.74) is 6.63. The van der Waals surface area contributed by atoms with Crippen molar-refractivity contribution in [1.82, 2.24) is 10.1 Å².